The number of thiocarbonyl (C=S) groups is 1. The molecule has 0 spiro atoms. The number of amides is 1. The second kappa shape index (κ2) is 9.40. The van der Waals surface area contributed by atoms with Crippen LogP contribution in [0.15, 0.2) is 75.3 Å². The van der Waals surface area contributed by atoms with E-state index in [4.69, 9.17) is 28.2 Å². The minimum absolute atomic E-state index is 0.139. The summed E-state index contributed by atoms with van der Waals surface area (Å²) in [5.41, 5.74) is 2.01. The van der Waals surface area contributed by atoms with Crippen LogP contribution in [0.25, 0.3) is 17.4 Å². The summed E-state index contributed by atoms with van der Waals surface area (Å²) < 4.78 is 6.67. The summed E-state index contributed by atoms with van der Waals surface area (Å²) in [6, 6.07) is 17.9. The van der Waals surface area contributed by atoms with Crippen LogP contribution < -0.4 is 5.32 Å². The van der Waals surface area contributed by atoms with Crippen molar-refractivity contribution in [3.05, 3.63) is 87.2 Å². The number of benzene rings is 2. The van der Waals surface area contributed by atoms with Crippen LogP contribution in [0.1, 0.15) is 18.2 Å². The van der Waals surface area contributed by atoms with Gasteiger partial charge in [-0.1, -0.05) is 48.0 Å². The van der Waals surface area contributed by atoms with Gasteiger partial charge in [-0.15, -0.1) is 0 Å². The van der Waals surface area contributed by atoms with Gasteiger partial charge < -0.3 is 9.73 Å². The van der Waals surface area contributed by atoms with Crippen molar-refractivity contribution < 1.29 is 14.0 Å². The molecule has 1 aliphatic rings. The van der Waals surface area contributed by atoms with Gasteiger partial charge in [0.15, 0.2) is 10.9 Å². The molecule has 8 heteroatoms. The molecule has 0 bridgehead atoms. The highest BCUT2D eigenvalue weighted by Crippen LogP contribution is 2.30. The number of halogens is 2. The van der Waals surface area contributed by atoms with Crippen LogP contribution in [0.5, 0.6) is 0 Å². The van der Waals surface area contributed by atoms with Crippen molar-refractivity contribution in [3.8, 4) is 11.3 Å². The van der Waals surface area contributed by atoms with Crippen LogP contribution in [0.3, 0.4) is 0 Å². The third kappa shape index (κ3) is 4.70. The Bertz CT molecular complexity index is 1240. The Balaban J connectivity index is 1.57. The molecule has 3 aromatic rings. The molecule has 1 atom stereocenters. The van der Waals surface area contributed by atoms with E-state index in [1.165, 1.54) is 11.8 Å². The number of Topliss-reactive ketones (excluding diaryl/α,β-unsaturated/α-hetero) is 1. The molecule has 1 fully saturated rings. The van der Waals surface area contributed by atoms with Gasteiger partial charge in [0.25, 0.3) is 5.91 Å². The minimum Gasteiger partial charge on any atom is -0.457 e. The lowest BCUT2D eigenvalue weighted by atomic mass is 10.0. The number of nitrogens with one attached hydrogen (secondary N) is 1. The number of rotatable bonds is 6. The van der Waals surface area contributed by atoms with Crippen LogP contribution in [0, 0.1) is 0 Å². The van der Waals surface area contributed by atoms with Gasteiger partial charge in [-0.3, -0.25) is 14.5 Å². The summed E-state index contributed by atoms with van der Waals surface area (Å²) in [4.78, 5) is 26.8. The Kier molecular flexibility index (Phi) is 6.60. The fourth-order valence-corrected chi connectivity index (χ4v) is 4.21. The normalized spacial score (nSPS) is 15.8. The average molecular weight is 530 g/mol. The van der Waals surface area contributed by atoms with Gasteiger partial charge in [0.1, 0.15) is 23.3 Å². The van der Waals surface area contributed by atoms with E-state index in [1.54, 1.807) is 24.3 Å². The van der Waals surface area contributed by atoms with Gasteiger partial charge in [-0.05, 0) is 64.9 Å². The standard InChI is InChI=1S/C24H18BrClN2O3S/c1-14(29)21(11-15-5-3-2-4-6-15)28-23(30)20(27-24(28)32)13-17-8-10-22(31-17)16-7-9-18(25)19(26)12-16/h2-10,12-13,21H,11H2,1H3,(H,27,32)/b20-13+. The first-order chi connectivity index (χ1) is 15.3. The molecule has 2 heterocycles. The zero-order chi connectivity index (χ0) is 22.8. The zero-order valence-corrected chi connectivity index (χ0v) is 20.1. The smallest absolute Gasteiger partial charge is 0.277 e. The molecule has 4 rings (SSSR count). The molecule has 5 nitrogen and oxygen atoms in total. The van der Waals surface area contributed by atoms with Crippen molar-refractivity contribution in [1.29, 1.82) is 0 Å². The largest absolute Gasteiger partial charge is 0.457 e. The predicted octanol–water partition coefficient (Wildman–Crippen LogP) is 5.62. The van der Waals surface area contributed by atoms with Crippen LogP contribution in [0.2, 0.25) is 5.02 Å². The number of furan rings is 1. The topological polar surface area (TPSA) is 62.6 Å². The number of nitrogens with zero attached hydrogens (tertiary/aromatic N) is 1. The van der Waals surface area contributed by atoms with Gasteiger partial charge in [-0.2, -0.15) is 0 Å². The minimum atomic E-state index is -0.687. The van der Waals surface area contributed by atoms with Gasteiger partial charge >= 0.3 is 0 Å². The monoisotopic (exact) mass is 528 g/mol. The first kappa shape index (κ1) is 22.5. The van der Waals surface area contributed by atoms with Gasteiger partial charge in [0.2, 0.25) is 0 Å². The van der Waals surface area contributed by atoms with E-state index in [0.717, 1.165) is 15.6 Å². The highest BCUT2D eigenvalue weighted by molar-refractivity contribution is 9.10. The summed E-state index contributed by atoms with van der Waals surface area (Å²) in [5.74, 6) is 0.583. The molecule has 1 aliphatic heterocycles. The Morgan fingerprint density at radius 2 is 1.97 bits per heavy atom. The Morgan fingerprint density at radius 3 is 2.66 bits per heavy atom. The third-order valence-corrected chi connectivity index (χ3v) is 6.61. The fourth-order valence-electron chi connectivity index (χ4n) is 3.46. The maximum atomic E-state index is 13.1. The summed E-state index contributed by atoms with van der Waals surface area (Å²) in [5, 5.41) is 3.69. The van der Waals surface area contributed by atoms with Crippen molar-refractivity contribution in [3.63, 3.8) is 0 Å². The van der Waals surface area contributed by atoms with Crippen molar-refractivity contribution >= 4 is 62.6 Å². The molecule has 0 saturated carbocycles. The molecule has 2 aromatic carbocycles. The second-order valence-electron chi connectivity index (χ2n) is 7.31. The summed E-state index contributed by atoms with van der Waals surface area (Å²) >= 11 is 14.9. The zero-order valence-electron chi connectivity index (χ0n) is 17.0. The van der Waals surface area contributed by atoms with Crippen molar-refractivity contribution in [1.82, 2.24) is 10.2 Å². The van der Waals surface area contributed by atoms with Crippen LogP contribution in [-0.2, 0) is 16.0 Å². The Hall–Kier alpha value is -2.74. The van der Waals surface area contributed by atoms with E-state index in [2.05, 4.69) is 21.2 Å². The molecule has 32 heavy (non-hydrogen) atoms. The maximum Gasteiger partial charge on any atom is 0.277 e. The number of hydrogen-bond donors (Lipinski definition) is 1. The van der Waals surface area contributed by atoms with Crippen molar-refractivity contribution in [2.24, 2.45) is 0 Å². The lowest BCUT2D eigenvalue weighted by molar-refractivity contribution is -0.130. The number of hydrogen-bond acceptors (Lipinski definition) is 4. The summed E-state index contributed by atoms with van der Waals surface area (Å²) in [7, 11) is 0. The SMILES string of the molecule is CC(=O)C(Cc1ccccc1)N1C(=O)/C(=C\c2ccc(-c3ccc(Br)c(Cl)c3)o2)NC1=S. The highest BCUT2D eigenvalue weighted by atomic mass is 79.9. The molecule has 1 saturated heterocycles. The summed E-state index contributed by atoms with van der Waals surface area (Å²) in [6.45, 7) is 1.47. The highest BCUT2D eigenvalue weighted by Gasteiger charge is 2.38. The third-order valence-electron chi connectivity index (χ3n) is 5.08. The lowest BCUT2D eigenvalue weighted by Crippen LogP contribution is -2.45. The number of carbonyl (C=O) groups is 2. The Labute approximate surface area is 204 Å². The van der Waals surface area contributed by atoms with Gasteiger partial charge in [-0.25, -0.2) is 0 Å². The molecular weight excluding hydrogens is 512 g/mol. The van der Waals surface area contributed by atoms with Crippen LogP contribution >= 0.6 is 39.7 Å². The lowest BCUT2D eigenvalue weighted by Gasteiger charge is -2.24. The van der Waals surface area contributed by atoms with E-state index in [1.807, 2.05) is 42.5 Å². The van der Waals surface area contributed by atoms with Gasteiger partial charge in [0, 0.05) is 22.5 Å². The fraction of sp³-hybridized carbons (Fsp3) is 0.125. The maximum absolute atomic E-state index is 13.1. The number of ketones is 1. The molecule has 1 amide bonds. The van der Waals surface area contributed by atoms with E-state index >= 15 is 0 Å². The molecular formula is C24H18BrClN2O3S. The predicted molar refractivity (Wildman–Crippen MR) is 132 cm³/mol. The second-order valence-corrected chi connectivity index (χ2v) is 8.96. The molecule has 0 radical (unpaired) electrons. The molecule has 0 aliphatic carbocycles. The van der Waals surface area contributed by atoms with Crippen molar-refractivity contribution in [2.75, 3.05) is 0 Å². The van der Waals surface area contributed by atoms with E-state index in [0.29, 0.717) is 23.0 Å². The molecule has 162 valence electrons. The first-order valence-corrected chi connectivity index (χ1v) is 11.4. The Morgan fingerprint density at radius 1 is 1.22 bits per heavy atom. The molecule has 1 unspecified atom stereocenters. The summed E-state index contributed by atoms with van der Waals surface area (Å²) in [6.07, 6.45) is 1.96. The molecule has 1 N–H and O–H groups in total. The van der Waals surface area contributed by atoms with E-state index in [-0.39, 0.29) is 22.5 Å². The number of carbonyl (C=O) groups excluding carboxylic acids is 2. The average Bonchev–Trinajstić information content (AvgIpc) is 3.34. The van der Waals surface area contributed by atoms with E-state index < -0.39 is 6.04 Å². The quantitative estimate of drug-likeness (QED) is 0.332. The van der Waals surface area contributed by atoms with Crippen molar-refractivity contribution in [2.45, 2.75) is 19.4 Å². The molecule has 1 aromatic heterocycles. The van der Waals surface area contributed by atoms with Crippen LogP contribution in [0.4, 0.5) is 0 Å². The van der Waals surface area contributed by atoms with Gasteiger partial charge in [0.05, 0.1) is 5.02 Å². The first-order valence-electron chi connectivity index (χ1n) is 9.79. The van der Waals surface area contributed by atoms with E-state index in [9.17, 15) is 9.59 Å². The van der Waals surface area contributed by atoms with Crippen LogP contribution in [-0.4, -0.2) is 27.7 Å².